The van der Waals surface area contributed by atoms with Gasteiger partial charge in [0.1, 0.15) is 11.6 Å². The number of ether oxygens (including phenoxy) is 1. The minimum absolute atomic E-state index is 0.0284. The van der Waals surface area contributed by atoms with Gasteiger partial charge in [-0.1, -0.05) is 12.1 Å². The average Bonchev–Trinajstić information content (AvgIpc) is 3.10. The number of rotatable bonds is 4. The molecule has 4 rings (SSSR count). The number of hydrogen-bond acceptors (Lipinski definition) is 5. The Morgan fingerprint density at radius 1 is 1.22 bits per heavy atom. The molecule has 0 atom stereocenters. The molecule has 4 aromatic rings. The van der Waals surface area contributed by atoms with E-state index in [0.717, 1.165) is 16.6 Å². The lowest BCUT2D eigenvalue weighted by atomic mass is 10.0. The molecule has 0 amide bonds. The van der Waals surface area contributed by atoms with Crippen LogP contribution in [-0.2, 0) is 4.74 Å². The van der Waals surface area contributed by atoms with Gasteiger partial charge in [-0.05, 0) is 38.1 Å². The summed E-state index contributed by atoms with van der Waals surface area (Å²) in [5.41, 5.74) is 0.532. The van der Waals surface area contributed by atoms with Crippen molar-refractivity contribution >= 4 is 11.6 Å². The van der Waals surface area contributed by atoms with Crippen LogP contribution in [0.25, 0.3) is 28.0 Å². The maximum Gasteiger partial charge on any atom is 0.346 e. The summed E-state index contributed by atoms with van der Waals surface area (Å²) >= 11 is 0. The maximum atomic E-state index is 14.6. The van der Waals surface area contributed by atoms with Crippen LogP contribution in [-0.4, -0.2) is 27.2 Å². The lowest BCUT2D eigenvalue weighted by Gasteiger charge is -2.10. The lowest BCUT2D eigenvalue weighted by molar-refractivity contribution is 0.0524. The van der Waals surface area contributed by atoms with E-state index in [0.29, 0.717) is 16.8 Å². The number of aromatic nitrogens is 3. The summed E-state index contributed by atoms with van der Waals surface area (Å²) in [6.07, 6.45) is 0. The maximum absolute atomic E-state index is 14.6. The molecule has 32 heavy (non-hydrogen) atoms. The number of carbonyl (C=O) groups excluding carboxylic acids is 1. The number of fused-ring (bicyclic) bond motifs is 1. The van der Waals surface area contributed by atoms with Gasteiger partial charge in [0.15, 0.2) is 11.2 Å². The predicted octanol–water partition coefficient (Wildman–Crippen LogP) is 3.99. The van der Waals surface area contributed by atoms with E-state index >= 15 is 0 Å². The molecule has 0 fully saturated rings. The Kier molecular flexibility index (Phi) is 5.28. The van der Waals surface area contributed by atoms with Crippen molar-refractivity contribution < 1.29 is 18.3 Å². The van der Waals surface area contributed by atoms with Crippen LogP contribution < -0.4 is 5.56 Å². The Morgan fingerprint density at radius 3 is 2.56 bits per heavy atom. The molecular formula is C23H16F2N4O3. The smallest absolute Gasteiger partial charge is 0.346 e. The standard InChI is InChI=1S/C23H16F2N4O3/c1-3-32-23(31)19-20(14-6-4-13(11-26)5-7-14)27-21-18(12(2)28-29(21)22(19)30)16-9-8-15(24)10-17(16)25/h4-10,28H,3H2,1-2H3. The third-order valence-electron chi connectivity index (χ3n) is 4.93. The summed E-state index contributed by atoms with van der Waals surface area (Å²) in [4.78, 5) is 30.4. The highest BCUT2D eigenvalue weighted by molar-refractivity contribution is 5.97. The second-order valence-corrected chi connectivity index (χ2v) is 6.95. The molecular weight excluding hydrogens is 418 g/mol. The Bertz CT molecular complexity index is 1460. The molecule has 0 saturated heterocycles. The zero-order chi connectivity index (χ0) is 23.0. The fourth-order valence-corrected chi connectivity index (χ4v) is 3.50. The van der Waals surface area contributed by atoms with Gasteiger partial charge in [-0.2, -0.15) is 5.26 Å². The van der Waals surface area contributed by atoms with Crippen LogP contribution in [0.2, 0.25) is 0 Å². The van der Waals surface area contributed by atoms with Gasteiger partial charge in [0, 0.05) is 28.5 Å². The first-order valence-corrected chi connectivity index (χ1v) is 9.64. The summed E-state index contributed by atoms with van der Waals surface area (Å²) < 4.78 is 34.1. The van der Waals surface area contributed by atoms with Crippen LogP contribution in [0, 0.1) is 29.9 Å². The molecule has 7 nitrogen and oxygen atoms in total. The monoisotopic (exact) mass is 434 g/mol. The van der Waals surface area contributed by atoms with Gasteiger partial charge in [0.2, 0.25) is 0 Å². The number of aromatic amines is 1. The molecule has 1 N–H and O–H groups in total. The third kappa shape index (κ3) is 3.41. The number of nitrogens with zero attached hydrogens (tertiary/aromatic N) is 3. The minimum atomic E-state index is -0.861. The van der Waals surface area contributed by atoms with E-state index in [-0.39, 0.29) is 34.6 Å². The second kappa shape index (κ2) is 8.07. The van der Waals surface area contributed by atoms with Crippen LogP contribution >= 0.6 is 0 Å². The molecule has 0 saturated carbocycles. The summed E-state index contributed by atoms with van der Waals surface area (Å²) in [6, 6.07) is 11.3. The number of halogens is 2. The van der Waals surface area contributed by atoms with Crippen molar-refractivity contribution in [1.82, 2.24) is 14.6 Å². The van der Waals surface area contributed by atoms with Crippen molar-refractivity contribution in [3.05, 3.63) is 81.3 Å². The van der Waals surface area contributed by atoms with E-state index in [9.17, 15) is 18.4 Å². The Balaban J connectivity index is 2.08. The van der Waals surface area contributed by atoms with Crippen molar-refractivity contribution in [1.29, 1.82) is 5.26 Å². The highest BCUT2D eigenvalue weighted by atomic mass is 19.1. The van der Waals surface area contributed by atoms with Crippen LogP contribution in [0.15, 0.2) is 47.3 Å². The lowest BCUT2D eigenvalue weighted by Crippen LogP contribution is -2.26. The Labute approximate surface area is 180 Å². The number of nitriles is 1. The summed E-state index contributed by atoms with van der Waals surface area (Å²) in [7, 11) is 0. The molecule has 160 valence electrons. The number of carbonyl (C=O) groups is 1. The average molecular weight is 434 g/mol. The third-order valence-corrected chi connectivity index (χ3v) is 4.93. The van der Waals surface area contributed by atoms with Gasteiger partial charge < -0.3 is 4.74 Å². The van der Waals surface area contributed by atoms with Gasteiger partial charge >= 0.3 is 5.97 Å². The molecule has 2 heterocycles. The number of benzene rings is 2. The SMILES string of the molecule is CCOC(=O)c1c(-c2ccc(C#N)cc2)nc2c(-c3ccc(F)cc3F)c(C)[nH]n2c1=O. The van der Waals surface area contributed by atoms with Crippen molar-refractivity contribution in [2.24, 2.45) is 0 Å². The largest absolute Gasteiger partial charge is 0.462 e. The summed E-state index contributed by atoms with van der Waals surface area (Å²) in [6.45, 7) is 3.26. The molecule has 9 heteroatoms. The molecule has 0 radical (unpaired) electrons. The zero-order valence-corrected chi connectivity index (χ0v) is 17.1. The van der Waals surface area contributed by atoms with E-state index in [1.165, 1.54) is 18.2 Å². The van der Waals surface area contributed by atoms with Crippen LogP contribution in [0.3, 0.4) is 0 Å². The van der Waals surface area contributed by atoms with Crippen molar-refractivity contribution in [2.45, 2.75) is 13.8 Å². The number of aryl methyl sites for hydroxylation is 1. The van der Waals surface area contributed by atoms with Gasteiger partial charge in [0.05, 0.1) is 23.9 Å². The molecule has 0 unspecified atom stereocenters. The molecule has 2 aromatic heterocycles. The van der Waals surface area contributed by atoms with E-state index in [2.05, 4.69) is 10.1 Å². The fraction of sp³-hybridized carbons (Fsp3) is 0.130. The summed E-state index contributed by atoms with van der Waals surface area (Å²) in [5, 5.41) is 11.8. The quantitative estimate of drug-likeness (QED) is 0.490. The van der Waals surface area contributed by atoms with Gasteiger partial charge in [-0.25, -0.2) is 23.1 Å². The molecule has 0 aliphatic carbocycles. The number of nitrogens with one attached hydrogen (secondary N) is 1. The first-order valence-electron chi connectivity index (χ1n) is 9.64. The zero-order valence-electron chi connectivity index (χ0n) is 17.1. The minimum Gasteiger partial charge on any atom is -0.462 e. The fourth-order valence-electron chi connectivity index (χ4n) is 3.50. The first kappa shape index (κ1) is 20.9. The molecule has 2 aromatic carbocycles. The van der Waals surface area contributed by atoms with Gasteiger partial charge in [-0.15, -0.1) is 0 Å². The second-order valence-electron chi connectivity index (χ2n) is 6.95. The van der Waals surface area contributed by atoms with Crippen LogP contribution in [0.1, 0.15) is 28.5 Å². The Morgan fingerprint density at radius 2 is 1.94 bits per heavy atom. The van der Waals surface area contributed by atoms with E-state index in [1.807, 2.05) is 6.07 Å². The van der Waals surface area contributed by atoms with Gasteiger partial charge in [-0.3, -0.25) is 9.89 Å². The van der Waals surface area contributed by atoms with E-state index < -0.39 is 23.2 Å². The number of hydrogen-bond donors (Lipinski definition) is 1. The molecule has 0 spiro atoms. The van der Waals surface area contributed by atoms with Crippen molar-refractivity contribution in [2.75, 3.05) is 6.61 Å². The first-order chi connectivity index (χ1) is 15.3. The highest BCUT2D eigenvalue weighted by Gasteiger charge is 2.26. The van der Waals surface area contributed by atoms with E-state index in [1.54, 1.807) is 26.0 Å². The molecule has 0 aliphatic rings. The normalized spacial score (nSPS) is 10.8. The molecule has 0 aliphatic heterocycles. The van der Waals surface area contributed by atoms with Crippen molar-refractivity contribution in [3.8, 4) is 28.5 Å². The highest BCUT2D eigenvalue weighted by Crippen LogP contribution is 2.31. The summed E-state index contributed by atoms with van der Waals surface area (Å²) in [5.74, 6) is -2.42. The van der Waals surface area contributed by atoms with E-state index in [4.69, 9.17) is 10.00 Å². The Hall–Kier alpha value is -4.32. The predicted molar refractivity (Wildman–Crippen MR) is 112 cm³/mol. The molecule has 0 bridgehead atoms. The van der Waals surface area contributed by atoms with Crippen LogP contribution in [0.5, 0.6) is 0 Å². The van der Waals surface area contributed by atoms with Crippen molar-refractivity contribution in [3.63, 3.8) is 0 Å². The number of esters is 1. The topological polar surface area (TPSA) is 100 Å². The number of H-pyrrole nitrogens is 1. The van der Waals surface area contributed by atoms with Gasteiger partial charge in [0.25, 0.3) is 5.56 Å². The van der Waals surface area contributed by atoms with Crippen LogP contribution in [0.4, 0.5) is 8.78 Å².